The number of methoxy groups -OCH3 is 1. The fourth-order valence-corrected chi connectivity index (χ4v) is 10.9. The molecule has 2 fully saturated rings. The molecule has 0 bridgehead atoms. The molecule has 59 heavy (non-hydrogen) atoms. The zero-order valence-corrected chi connectivity index (χ0v) is 37.6. The average molecular weight is 842 g/mol. The molecule has 2 aromatic carbocycles. The van der Waals surface area contributed by atoms with Crippen molar-refractivity contribution in [2.75, 3.05) is 18.3 Å². The maximum Gasteiger partial charge on any atom is 0.333 e. The number of ether oxygens (including phenoxy) is 5. The average Bonchev–Trinajstić information content (AvgIpc) is 3.28. The first-order valence-corrected chi connectivity index (χ1v) is 21.9. The summed E-state index contributed by atoms with van der Waals surface area (Å²) in [5.74, 6) is -1.36. The van der Waals surface area contributed by atoms with Gasteiger partial charge < -0.3 is 29.0 Å². The molecule has 314 valence electrons. The summed E-state index contributed by atoms with van der Waals surface area (Å²) in [5.41, 5.74) is 2.34. The number of Topliss-reactive ketones (excluding diaryl/α,β-unsaturated/α-hetero) is 1. The number of hydrogen-bond acceptors (Lipinski definition) is 10. The number of esters is 2. The lowest BCUT2D eigenvalue weighted by Crippen LogP contribution is -2.70. The van der Waals surface area contributed by atoms with Crippen LogP contribution in [0, 0.1) is 11.8 Å². The number of anilines is 1. The van der Waals surface area contributed by atoms with Crippen LogP contribution in [0.25, 0.3) is 11.8 Å². The van der Waals surface area contributed by atoms with Gasteiger partial charge in [0.05, 0.1) is 35.2 Å². The van der Waals surface area contributed by atoms with Crippen LogP contribution >= 0.6 is 23.4 Å². The molecule has 1 aliphatic carbocycles. The van der Waals surface area contributed by atoms with E-state index in [4.69, 9.17) is 35.3 Å². The number of halogens is 1. The minimum absolute atomic E-state index is 0.0470. The third-order valence-electron chi connectivity index (χ3n) is 12.7. The SMILES string of the molecule is COC(=O)/C(C)=C\CC12OC(C)(C)C(C)C13Oc1c(CC=C(C)C)c4c(c(OC(=O)CCl)c1C1=C3C(Sc3ccccc3N1)C(C)C2=O)C=CC(C)(CCC=C(C)C)O4. The molecule has 1 spiro atoms. The van der Waals surface area contributed by atoms with Crippen LogP contribution in [-0.2, 0) is 30.3 Å². The number of fused-ring (bicyclic) bond motifs is 4. The molecule has 5 aliphatic rings. The predicted octanol–water partition coefficient (Wildman–Crippen LogP) is 10.6. The van der Waals surface area contributed by atoms with Crippen LogP contribution in [-0.4, -0.2) is 58.4 Å². The number of hydrogen-bond donors (Lipinski definition) is 1. The number of alkyl halides is 1. The first-order chi connectivity index (χ1) is 27.8. The molecule has 0 aromatic heterocycles. The quantitative estimate of drug-likeness (QED) is 0.0816. The van der Waals surface area contributed by atoms with Crippen molar-refractivity contribution >= 4 is 58.5 Å². The number of ketones is 1. The first kappa shape index (κ1) is 42.9. The molecule has 0 radical (unpaired) electrons. The summed E-state index contributed by atoms with van der Waals surface area (Å²) in [5, 5.41) is 3.43. The Kier molecular flexibility index (Phi) is 11.4. The molecular formula is C48H56ClNO8S. The highest BCUT2D eigenvalue weighted by molar-refractivity contribution is 8.00. The molecule has 9 nitrogen and oxygen atoms in total. The van der Waals surface area contributed by atoms with Crippen molar-refractivity contribution in [2.24, 2.45) is 11.8 Å². The molecule has 6 atom stereocenters. The standard InChI is InChI=1S/C48H56ClNO8S/c1-26(2)15-14-22-46(10)23-21-32-39(56-46)31(19-18-27(3)4)41-36(40(32)55-35(51)25-49)38-37-42(59-34-17-13-12-16-33(34)50-38)29(6)43(52)47(24-20-28(5)44(53)54-11)48(37,57-41)30(7)45(8,9)58-47/h12-13,15-18,20-21,23,29-30,42,50H,14,19,22,24-25H2,1-11H3/b28-20-. The summed E-state index contributed by atoms with van der Waals surface area (Å²) < 4.78 is 33.6. The number of carbonyl (C=O) groups is 3. The van der Waals surface area contributed by atoms with E-state index in [0.29, 0.717) is 46.7 Å². The van der Waals surface area contributed by atoms with Crippen LogP contribution in [0.2, 0.25) is 0 Å². The number of carbonyl (C=O) groups excluding carboxylic acids is 3. The van der Waals surface area contributed by atoms with Crippen LogP contribution in [0.5, 0.6) is 17.2 Å². The zero-order valence-electron chi connectivity index (χ0n) is 36.0. The molecule has 2 aromatic rings. The number of para-hydroxylation sites is 1. The van der Waals surface area contributed by atoms with Gasteiger partial charge >= 0.3 is 11.9 Å². The number of nitrogens with one attached hydrogen (secondary N) is 1. The normalized spacial score (nSPS) is 28.2. The van der Waals surface area contributed by atoms with E-state index in [1.54, 1.807) is 24.8 Å². The Morgan fingerprint density at radius 2 is 1.69 bits per heavy atom. The topological polar surface area (TPSA) is 109 Å². The predicted molar refractivity (Wildman–Crippen MR) is 234 cm³/mol. The highest BCUT2D eigenvalue weighted by atomic mass is 35.5. The van der Waals surface area contributed by atoms with Crippen molar-refractivity contribution < 1.29 is 38.1 Å². The molecule has 7 rings (SSSR count). The Morgan fingerprint density at radius 1 is 0.983 bits per heavy atom. The van der Waals surface area contributed by atoms with Gasteiger partial charge in [0.2, 0.25) is 0 Å². The molecule has 4 aliphatic heterocycles. The number of allylic oxidation sites excluding steroid dienone is 4. The largest absolute Gasteiger partial charge is 0.482 e. The third-order valence-corrected chi connectivity index (χ3v) is 14.4. The molecule has 1 saturated carbocycles. The van der Waals surface area contributed by atoms with Crippen LogP contribution in [0.3, 0.4) is 0 Å². The molecule has 0 amide bonds. The summed E-state index contributed by atoms with van der Waals surface area (Å²) in [7, 11) is 1.34. The van der Waals surface area contributed by atoms with Crippen molar-refractivity contribution in [1.29, 1.82) is 0 Å². The van der Waals surface area contributed by atoms with Crippen molar-refractivity contribution in [3.8, 4) is 17.2 Å². The molecule has 11 heteroatoms. The summed E-state index contributed by atoms with van der Waals surface area (Å²) in [6, 6.07) is 8.03. The smallest absolute Gasteiger partial charge is 0.333 e. The first-order valence-electron chi connectivity index (χ1n) is 20.5. The number of benzene rings is 2. The maximum absolute atomic E-state index is 15.6. The minimum Gasteiger partial charge on any atom is -0.482 e. The fraction of sp³-hybridized carbons (Fsp3) is 0.479. The Morgan fingerprint density at radius 3 is 2.37 bits per heavy atom. The summed E-state index contributed by atoms with van der Waals surface area (Å²) in [6.07, 6.45) is 12.1. The highest BCUT2D eigenvalue weighted by Crippen LogP contribution is 2.69. The molecular weight excluding hydrogens is 786 g/mol. The second kappa shape index (κ2) is 15.7. The lowest BCUT2D eigenvalue weighted by Gasteiger charge is -2.56. The van der Waals surface area contributed by atoms with Gasteiger partial charge in [-0.15, -0.1) is 23.4 Å². The maximum atomic E-state index is 15.6. The van der Waals surface area contributed by atoms with Gasteiger partial charge in [0, 0.05) is 45.1 Å². The van der Waals surface area contributed by atoms with E-state index in [1.165, 1.54) is 12.7 Å². The van der Waals surface area contributed by atoms with E-state index in [9.17, 15) is 9.59 Å². The number of thioether (sulfide) groups is 1. The molecule has 1 saturated heterocycles. The summed E-state index contributed by atoms with van der Waals surface area (Å²) in [6.45, 7) is 20.0. The molecule has 6 unspecified atom stereocenters. The van der Waals surface area contributed by atoms with Gasteiger partial charge in [0.25, 0.3) is 0 Å². The van der Waals surface area contributed by atoms with Crippen LogP contribution in [0.4, 0.5) is 5.69 Å². The van der Waals surface area contributed by atoms with Crippen molar-refractivity contribution in [2.45, 2.75) is 127 Å². The second-order valence-electron chi connectivity index (χ2n) is 17.7. The Balaban J connectivity index is 1.63. The van der Waals surface area contributed by atoms with Crippen molar-refractivity contribution in [1.82, 2.24) is 0 Å². The molecule has 1 N–H and O–H groups in total. The number of rotatable bonds is 10. The van der Waals surface area contributed by atoms with Gasteiger partial charge in [-0.3, -0.25) is 9.59 Å². The van der Waals surface area contributed by atoms with Gasteiger partial charge in [-0.1, -0.05) is 55.4 Å². The monoisotopic (exact) mass is 841 g/mol. The van der Waals surface area contributed by atoms with Crippen LogP contribution < -0.4 is 19.5 Å². The van der Waals surface area contributed by atoms with E-state index in [-0.39, 0.29) is 23.8 Å². The fourth-order valence-electron chi connectivity index (χ4n) is 9.44. The molecule has 4 heterocycles. The van der Waals surface area contributed by atoms with Gasteiger partial charge in [-0.05, 0) is 98.9 Å². The summed E-state index contributed by atoms with van der Waals surface area (Å²) in [4.78, 5) is 42.9. The highest BCUT2D eigenvalue weighted by Gasteiger charge is 2.78. The Labute approximate surface area is 357 Å². The van der Waals surface area contributed by atoms with Gasteiger partial charge in [0.1, 0.15) is 23.0 Å². The van der Waals surface area contributed by atoms with Gasteiger partial charge in [-0.2, -0.15) is 0 Å². The zero-order chi connectivity index (χ0) is 42.8. The van der Waals surface area contributed by atoms with Gasteiger partial charge in [-0.25, -0.2) is 4.79 Å². The van der Waals surface area contributed by atoms with E-state index in [0.717, 1.165) is 33.7 Å². The minimum atomic E-state index is -1.59. The third kappa shape index (κ3) is 6.97. The van der Waals surface area contributed by atoms with Crippen molar-refractivity contribution in [3.05, 3.63) is 87.6 Å². The second-order valence-corrected chi connectivity index (χ2v) is 19.1. The lowest BCUT2D eigenvalue weighted by atomic mass is 9.57. The van der Waals surface area contributed by atoms with Crippen LogP contribution in [0.1, 0.15) is 105 Å². The van der Waals surface area contributed by atoms with E-state index in [2.05, 4.69) is 45.2 Å². The van der Waals surface area contributed by atoms with E-state index < -0.39 is 51.4 Å². The van der Waals surface area contributed by atoms with Crippen LogP contribution in [0.15, 0.2) is 75.8 Å². The lowest BCUT2D eigenvalue weighted by molar-refractivity contribution is -0.173. The Hall–Kier alpha value is -4.25. The van der Waals surface area contributed by atoms with E-state index >= 15 is 4.79 Å². The van der Waals surface area contributed by atoms with Gasteiger partial charge in [0.15, 0.2) is 22.7 Å². The van der Waals surface area contributed by atoms with Crippen molar-refractivity contribution in [3.63, 3.8) is 0 Å². The van der Waals surface area contributed by atoms with E-state index in [1.807, 2.05) is 71.0 Å². The Bertz CT molecular complexity index is 2280. The summed E-state index contributed by atoms with van der Waals surface area (Å²) >= 11 is 7.81.